The van der Waals surface area contributed by atoms with Gasteiger partial charge in [-0.05, 0) is 48.5 Å². The molecule has 0 N–H and O–H groups in total. The van der Waals surface area contributed by atoms with Crippen LogP contribution in [0.15, 0.2) is 69.9 Å². The van der Waals surface area contributed by atoms with Gasteiger partial charge in [0.2, 0.25) is 5.91 Å². The second-order valence-electron chi connectivity index (χ2n) is 5.46. The molecule has 2 aromatic heterocycles. The zero-order valence-electron chi connectivity index (χ0n) is 13.6. The molecule has 0 saturated carbocycles. The normalized spacial score (nSPS) is 10.6. The predicted molar refractivity (Wildman–Crippen MR) is 88.2 cm³/mol. The van der Waals surface area contributed by atoms with Crippen molar-refractivity contribution in [2.45, 2.75) is 19.5 Å². The summed E-state index contributed by atoms with van der Waals surface area (Å²) < 4.78 is 29.0. The molecule has 0 saturated heterocycles. The van der Waals surface area contributed by atoms with Crippen LogP contribution in [-0.2, 0) is 17.9 Å². The highest BCUT2D eigenvalue weighted by molar-refractivity contribution is 5.76. The van der Waals surface area contributed by atoms with Crippen molar-refractivity contribution in [2.75, 3.05) is 6.61 Å². The summed E-state index contributed by atoms with van der Waals surface area (Å²) in [5.74, 6) is 1.50. The Morgan fingerprint density at radius 3 is 2.08 bits per heavy atom. The first-order valence-corrected chi connectivity index (χ1v) is 7.91. The van der Waals surface area contributed by atoms with Crippen LogP contribution in [0.4, 0.5) is 4.39 Å². The van der Waals surface area contributed by atoms with E-state index in [-0.39, 0.29) is 24.8 Å². The minimum Gasteiger partial charge on any atom is -0.493 e. The van der Waals surface area contributed by atoms with Crippen molar-refractivity contribution in [1.29, 1.82) is 0 Å². The largest absolute Gasteiger partial charge is 0.493 e. The van der Waals surface area contributed by atoms with Crippen molar-refractivity contribution in [3.63, 3.8) is 0 Å². The van der Waals surface area contributed by atoms with Crippen LogP contribution in [0.2, 0.25) is 0 Å². The quantitative estimate of drug-likeness (QED) is 0.620. The van der Waals surface area contributed by atoms with Crippen molar-refractivity contribution in [3.8, 4) is 5.75 Å². The maximum absolute atomic E-state index is 12.9. The summed E-state index contributed by atoms with van der Waals surface area (Å²) in [4.78, 5) is 14.2. The SMILES string of the molecule is O=C(CCOc1ccc(F)cc1)N(Cc1ccco1)Cc1ccco1. The molecular weight excluding hydrogens is 325 g/mol. The van der Waals surface area contributed by atoms with Crippen LogP contribution < -0.4 is 4.74 Å². The topological polar surface area (TPSA) is 55.8 Å². The molecule has 6 heteroatoms. The van der Waals surface area contributed by atoms with Gasteiger partial charge in [0.25, 0.3) is 0 Å². The zero-order valence-corrected chi connectivity index (χ0v) is 13.6. The second kappa shape index (κ2) is 8.19. The number of furan rings is 2. The van der Waals surface area contributed by atoms with Gasteiger partial charge >= 0.3 is 0 Å². The number of carbonyl (C=O) groups excluding carboxylic acids is 1. The van der Waals surface area contributed by atoms with Crippen LogP contribution in [0.5, 0.6) is 5.75 Å². The summed E-state index contributed by atoms with van der Waals surface area (Å²) in [5.41, 5.74) is 0. The highest BCUT2D eigenvalue weighted by atomic mass is 19.1. The Hall–Kier alpha value is -3.02. The number of amides is 1. The fraction of sp³-hybridized carbons (Fsp3) is 0.211. The lowest BCUT2D eigenvalue weighted by atomic mass is 10.3. The molecule has 5 nitrogen and oxygen atoms in total. The molecule has 0 aliphatic rings. The smallest absolute Gasteiger partial charge is 0.226 e. The fourth-order valence-corrected chi connectivity index (χ4v) is 2.36. The molecule has 130 valence electrons. The molecule has 0 bridgehead atoms. The average Bonchev–Trinajstić information content (AvgIpc) is 3.30. The van der Waals surface area contributed by atoms with Crippen LogP contribution >= 0.6 is 0 Å². The number of ether oxygens (including phenoxy) is 1. The number of carbonyl (C=O) groups is 1. The van der Waals surface area contributed by atoms with Crippen molar-refractivity contribution < 1.29 is 22.8 Å². The standard InChI is InChI=1S/C19H18FNO4/c20-15-5-7-16(8-6-15)25-12-9-19(22)21(13-17-3-1-10-23-17)14-18-4-2-11-24-18/h1-8,10-11H,9,12-14H2. The molecule has 0 radical (unpaired) electrons. The van der Waals surface area contributed by atoms with Gasteiger partial charge in [0.15, 0.2) is 0 Å². The van der Waals surface area contributed by atoms with Crippen molar-refractivity contribution in [3.05, 3.63) is 78.4 Å². The molecule has 0 atom stereocenters. The van der Waals surface area contributed by atoms with Gasteiger partial charge in [-0.25, -0.2) is 4.39 Å². The Morgan fingerprint density at radius 1 is 0.960 bits per heavy atom. The Bertz CT molecular complexity index is 730. The molecular formula is C19H18FNO4. The number of halogens is 1. The van der Waals surface area contributed by atoms with Gasteiger partial charge in [0, 0.05) is 0 Å². The number of hydrogen-bond acceptors (Lipinski definition) is 4. The Balaban J connectivity index is 1.56. The minimum atomic E-state index is -0.327. The summed E-state index contributed by atoms with van der Waals surface area (Å²) in [7, 11) is 0. The van der Waals surface area contributed by atoms with Crippen LogP contribution in [0.25, 0.3) is 0 Å². The zero-order chi connectivity index (χ0) is 17.5. The van der Waals surface area contributed by atoms with Crippen LogP contribution in [0, 0.1) is 5.82 Å². The van der Waals surface area contributed by atoms with Gasteiger partial charge in [-0.1, -0.05) is 0 Å². The van der Waals surface area contributed by atoms with E-state index in [2.05, 4.69) is 0 Å². The summed E-state index contributed by atoms with van der Waals surface area (Å²) >= 11 is 0. The van der Waals surface area contributed by atoms with E-state index >= 15 is 0 Å². The maximum atomic E-state index is 12.9. The number of hydrogen-bond donors (Lipinski definition) is 0. The lowest BCUT2D eigenvalue weighted by Crippen LogP contribution is -2.30. The fourth-order valence-electron chi connectivity index (χ4n) is 2.36. The van der Waals surface area contributed by atoms with Gasteiger partial charge in [-0.2, -0.15) is 0 Å². The molecule has 3 rings (SSSR count). The van der Waals surface area contributed by atoms with Crippen molar-refractivity contribution >= 4 is 5.91 Å². The summed E-state index contributed by atoms with van der Waals surface area (Å²) in [6.45, 7) is 0.906. The van der Waals surface area contributed by atoms with Crippen molar-refractivity contribution in [1.82, 2.24) is 4.90 Å². The van der Waals surface area contributed by atoms with E-state index < -0.39 is 0 Å². The van der Waals surface area contributed by atoms with E-state index in [0.717, 1.165) is 0 Å². The van der Waals surface area contributed by atoms with Gasteiger partial charge in [-0.3, -0.25) is 4.79 Å². The monoisotopic (exact) mass is 343 g/mol. The Labute approximate surface area is 144 Å². The van der Waals surface area contributed by atoms with Gasteiger partial charge in [0.1, 0.15) is 23.1 Å². The number of benzene rings is 1. The first-order chi connectivity index (χ1) is 12.2. The van der Waals surface area contributed by atoms with Gasteiger partial charge in [0.05, 0.1) is 38.6 Å². The minimum absolute atomic E-state index is 0.0880. The molecule has 1 aromatic carbocycles. The third-order valence-corrected chi connectivity index (χ3v) is 3.60. The summed E-state index contributed by atoms with van der Waals surface area (Å²) in [6.07, 6.45) is 3.34. The third-order valence-electron chi connectivity index (χ3n) is 3.60. The first kappa shape index (κ1) is 16.8. The molecule has 2 heterocycles. The Morgan fingerprint density at radius 2 is 1.56 bits per heavy atom. The molecule has 25 heavy (non-hydrogen) atoms. The lowest BCUT2D eigenvalue weighted by Gasteiger charge is -2.20. The highest BCUT2D eigenvalue weighted by Crippen LogP contribution is 2.14. The second-order valence-corrected chi connectivity index (χ2v) is 5.46. The third kappa shape index (κ3) is 4.97. The van der Waals surface area contributed by atoms with E-state index in [1.165, 1.54) is 24.3 Å². The molecule has 0 spiro atoms. The molecule has 0 aliphatic heterocycles. The lowest BCUT2D eigenvalue weighted by molar-refractivity contribution is -0.133. The molecule has 0 fully saturated rings. The van der Waals surface area contributed by atoms with Crippen LogP contribution in [-0.4, -0.2) is 17.4 Å². The highest BCUT2D eigenvalue weighted by Gasteiger charge is 2.17. The van der Waals surface area contributed by atoms with Gasteiger partial charge in [-0.15, -0.1) is 0 Å². The van der Waals surface area contributed by atoms with E-state index in [9.17, 15) is 9.18 Å². The van der Waals surface area contributed by atoms with Crippen molar-refractivity contribution in [2.24, 2.45) is 0 Å². The summed E-state index contributed by atoms with van der Waals surface area (Å²) in [5, 5.41) is 0. The maximum Gasteiger partial charge on any atom is 0.226 e. The number of nitrogens with zero attached hydrogens (tertiary/aromatic N) is 1. The predicted octanol–water partition coefficient (Wildman–Crippen LogP) is 4.01. The average molecular weight is 343 g/mol. The van der Waals surface area contributed by atoms with E-state index in [0.29, 0.717) is 30.4 Å². The molecule has 0 aliphatic carbocycles. The first-order valence-electron chi connectivity index (χ1n) is 7.91. The van der Waals surface area contributed by atoms with E-state index in [4.69, 9.17) is 13.6 Å². The molecule has 0 unspecified atom stereocenters. The van der Waals surface area contributed by atoms with Crippen LogP contribution in [0.1, 0.15) is 17.9 Å². The van der Waals surface area contributed by atoms with Crippen LogP contribution in [0.3, 0.4) is 0 Å². The van der Waals surface area contributed by atoms with E-state index in [1.807, 2.05) is 12.1 Å². The Kier molecular flexibility index (Phi) is 5.51. The van der Waals surface area contributed by atoms with Gasteiger partial charge < -0.3 is 18.5 Å². The molecule has 1 amide bonds. The van der Waals surface area contributed by atoms with E-state index in [1.54, 1.807) is 29.6 Å². The summed E-state index contributed by atoms with van der Waals surface area (Å²) in [6, 6.07) is 12.9. The molecule has 3 aromatic rings. The number of rotatable bonds is 8.